The first-order valence-corrected chi connectivity index (χ1v) is 4.02. The van der Waals surface area contributed by atoms with Crippen LogP contribution in [0.5, 0.6) is 0 Å². The van der Waals surface area contributed by atoms with Crippen LogP contribution in [-0.4, -0.2) is 25.3 Å². The van der Waals surface area contributed by atoms with Crippen LogP contribution in [0.3, 0.4) is 0 Å². The second-order valence-corrected chi connectivity index (χ2v) is 2.55. The van der Waals surface area contributed by atoms with Crippen molar-refractivity contribution in [3.05, 3.63) is 0 Å². The van der Waals surface area contributed by atoms with Crippen LogP contribution in [0.15, 0.2) is 0 Å². The van der Waals surface area contributed by atoms with Crippen molar-refractivity contribution in [1.82, 2.24) is 0 Å². The molecule has 0 fully saturated rings. The minimum absolute atomic E-state index is 0.279. The Bertz CT molecular complexity index is 76.0. The summed E-state index contributed by atoms with van der Waals surface area (Å²) in [5.41, 5.74) is 0. The number of hydrogen-bond acceptors (Lipinski definition) is 1. The summed E-state index contributed by atoms with van der Waals surface area (Å²) in [6, 6.07) is 0. The molecule has 1 nitrogen and oxygen atoms in total. The summed E-state index contributed by atoms with van der Waals surface area (Å²) >= 11 is 5.36. The Labute approximate surface area is 66.5 Å². The van der Waals surface area contributed by atoms with Gasteiger partial charge in [-0.05, 0) is 12.8 Å². The van der Waals surface area contributed by atoms with E-state index in [1.165, 1.54) is 7.11 Å². The Balaban J connectivity index is 3.53. The van der Waals surface area contributed by atoms with Crippen molar-refractivity contribution in [3.8, 4) is 0 Å². The van der Waals surface area contributed by atoms with Gasteiger partial charge in [-0.15, -0.1) is 11.6 Å². The van der Waals surface area contributed by atoms with Gasteiger partial charge in [-0.2, -0.15) is 0 Å². The van der Waals surface area contributed by atoms with Crippen LogP contribution in [0.4, 0.5) is 4.39 Å². The Hall–Kier alpha value is 0.180. The fraction of sp³-hybridized carbons (Fsp3) is 1.00. The highest BCUT2D eigenvalue weighted by Gasteiger charge is 2.17. The first kappa shape index (κ1) is 10.2. The molecular formula is C7H14ClFO. The minimum Gasteiger partial charge on any atom is -0.378 e. The van der Waals surface area contributed by atoms with Gasteiger partial charge in [-0.3, -0.25) is 0 Å². The summed E-state index contributed by atoms with van der Waals surface area (Å²) in [6.07, 6.45) is -0.103. The summed E-state index contributed by atoms with van der Waals surface area (Å²) in [4.78, 5) is 0. The maximum absolute atomic E-state index is 12.9. The van der Waals surface area contributed by atoms with Crippen LogP contribution in [0.25, 0.3) is 0 Å². The SMILES string of the molecule is CCC(OC)C(F)CCCl. The van der Waals surface area contributed by atoms with Gasteiger partial charge in [0.05, 0.1) is 6.10 Å². The standard InChI is InChI=1S/C7H14ClFO/c1-3-7(10-2)6(9)4-5-8/h6-7H,3-5H2,1-2H3. The Morgan fingerprint density at radius 3 is 2.50 bits per heavy atom. The quantitative estimate of drug-likeness (QED) is 0.573. The van der Waals surface area contributed by atoms with Gasteiger partial charge in [0.25, 0.3) is 0 Å². The summed E-state index contributed by atoms with van der Waals surface area (Å²) in [5.74, 6) is 0.362. The van der Waals surface area contributed by atoms with Crippen molar-refractivity contribution < 1.29 is 9.13 Å². The highest BCUT2D eigenvalue weighted by molar-refractivity contribution is 6.17. The topological polar surface area (TPSA) is 9.23 Å². The van der Waals surface area contributed by atoms with E-state index in [2.05, 4.69) is 0 Å². The lowest BCUT2D eigenvalue weighted by Crippen LogP contribution is -2.23. The fourth-order valence-corrected chi connectivity index (χ4v) is 1.07. The lowest BCUT2D eigenvalue weighted by Gasteiger charge is -2.16. The van der Waals surface area contributed by atoms with Gasteiger partial charge in [0.15, 0.2) is 0 Å². The zero-order valence-electron chi connectivity index (χ0n) is 6.44. The molecular weight excluding hydrogens is 155 g/mol. The molecule has 0 aromatic rings. The predicted octanol–water partition coefficient (Wildman–Crippen LogP) is 2.38. The lowest BCUT2D eigenvalue weighted by atomic mass is 10.1. The van der Waals surface area contributed by atoms with E-state index >= 15 is 0 Å². The first-order valence-electron chi connectivity index (χ1n) is 3.49. The van der Waals surface area contributed by atoms with E-state index in [0.29, 0.717) is 18.7 Å². The van der Waals surface area contributed by atoms with Crippen LogP contribution in [-0.2, 0) is 4.74 Å². The van der Waals surface area contributed by atoms with E-state index < -0.39 is 6.17 Å². The third-order valence-corrected chi connectivity index (χ3v) is 1.71. The molecule has 0 saturated carbocycles. The lowest BCUT2D eigenvalue weighted by molar-refractivity contribution is 0.0288. The molecule has 62 valence electrons. The van der Waals surface area contributed by atoms with Gasteiger partial charge < -0.3 is 4.74 Å². The van der Waals surface area contributed by atoms with E-state index in [1.807, 2.05) is 6.92 Å². The minimum atomic E-state index is -0.910. The number of halogens is 2. The van der Waals surface area contributed by atoms with E-state index in [4.69, 9.17) is 16.3 Å². The van der Waals surface area contributed by atoms with Crippen LogP contribution >= 0.6 is 11.6 Å². The van der Waals surface area contributed by atoms with E-state index in [9.17, 15) is 4.39 Å². The molecule has 0 aliphatic heterocycles. The van der Waals surface area contributed by atoms with E-state index in [0.717, 1.165) is 0 Å². The van der Waals surface area contributed by atoms with Gasteiger partial charge in [0.1, 0.15) is 6.17 Å². The third kappa shape index (κ3) is 3.37. The molecule has 2 atom stereocenters. The second-order valence-electron chi connectivity index (χ2n) is 2.18. The summed E-state index contributed by atoms with van der Waals surface area (Å²) in [5, 5.41) is 0. The molecule has 3 heteroatoms. The Kier molecular flexibility index (Phi) is 6.03. The molecule has 0 aliphatic carbocycles. The van der Waals surface area contributed by atoms with Crippen molar-refractivity contribution in [2.24, 2.45) is 0 Å². The van der Waals surface area contributed by atoms with Gasteiger partial charge in [0, 0.05) is 13.0 Å². The van der Waals surface area contributed by atoms with Crippen molar-refractivity contribution in [3.63, 3.8) is 0 Å². The smallest absolute Gasteiger partial charge is 0.127 e. The van der Waals surface area contributed by atoms with Gasteiger partial charge in [-0.25, -0.2) is 4.39 Å². The maximum Gasteiger partial charge on any atom is 0.127 e. The van der Waals surface area contributed by atoms with Gasteiger partial charge in [0.2, 0.25) is 0 Å². The van der Waals surface area contributed by atoms with Crippen LogP contribution in [0, 0.1) is 0 Å². The zero-order valence-corrected chi connectivity index (χ0v) is 7.20. The van der Waals surface area contributed by atoms with Crippen LogP contribution in [0.1, 0.15) is 19.8 Å². The van der Waals surface area contributed by atoms with Crippen molar-refractivity contribution >= 4 is 11.6 Å². The van der Waals surface area contributed by atoms with Crippen molar-refractivity contribution in [1.29, 1.82) is 0 Å². The molecule has 0 rings (SSSR count). The average molecular weight is 169 g/mol. The third-order valence-electron chi connectivity index (χ3n) is 1.49. The molecule has 0 bridgehead atoms. The van der Waals surface area contributed by atoms with Gasteiger partial charge in [-0.1, -0.05) is 6.92 Å². The molecule has 0 saturated heterocycles. The fourth-order valence-electron chi connectivity index (χ4n) is 0.860. The van der Waals surface area contributed by atoms with Gasteiger partial charge >= 0.3 is 0 Å². The average Bonchev–Trinajstić information content (AvgIpc) is 1.91. The first-order chi connectivity index (χ1) is 4.76. The molecule has 0 aromatic heterocycles. The summed E-state index contributed by atoms with van der Waals surface area (Å²) in [6.45, 7) is 1.90. The molecule has 0 spiro atoms. The molecule has 0 heterocycles. The normalized spacial score (nSPS) is 16.8. The van der Waals surface area contributed by atoms with Crippen molar-refractivity contribution in [2.45, 2.75) is 32.0 Å². The highest BCUT2D eigenvalue weighted by Crippen LogP contribution is 2.11. The Morgan fingerprint density at radius 1 is 1.60 bits per heavy atom. The summed E-state index contributed by atoms with van der Waals surface area (Å²) < 4.78 is 17.7. The summed E-state index contributed by atoms with van der Waals surface area (Å²) in [7, 11) is 1.52. The number of methoxy groups -OCH3 is 1. The van der Waals surface area contributed by atoms with E-state index in [1.54, 1.807) is 0 Å². The molecule has 2 unspecified atom stereocenters. The monoisotopic (exact) mass is 168 g/mol. The number of hydrogen-bond donors (Lipinski definition) is 0. The van der Waals surface area contributed by atoms with Crippen molar-refractivity contribution in [2.75, 3.05) is 13.0 Å². The molecule has 10 heavy (non-hydrogen) atoms. The number of rotatable bonds is 5. The number of alkyl halides is 2. The number of ether oxygens (including phenoxy) is 1. The highest BCUT2D eigenvalue weighted by atomic mass is 35.5. The molecule has 0 radical (unpaired) electrons. The Morgan fingerprint density at radius 2 is 2.20 bits per heavy atom. The van der Waals surface area contributed by atoms with Crippen LogP contribution < -0.4 is 0 Å². The molecule has 0 amide bonds. The predicted molar refractivity (Wildman–Crippen MR) is 41.3 cm³/mol. The molecule has 0 N–H and O–H groups in total. The maximum atomic E-state index is 12.9. The largest absolute Gasteiger partial charge is 0.378 e. The second kappa shape index (κ2) is 5.93. The molecule has 0 aliphatic rings. The van der Waals surface area contributed by atoms with Crippen LogP contribution in [0.2, 0.25) is 0 Å². The van der Waals surface area contributed by atoms with E-state index in [-0.39, 0.29) is 6.10 Å². The molecule has 0 aromatic carbocycles. The zero-order chi connectivity index (χ0) is 7.98.